The summed E-state index contributed by atoms with van der Waals surface area (Å²) in [6.45, 7) is 4.08. The number of H-pyrrole nitrogens is 1. The van der Waals surface area contributed by atoms with Gasteiger partial charge in [0.1, 0.15) is 5.69 Å². The fourth-order valence-corrected chi connectivity index (χ4v) is 1.36. The summed E-state index contributed by atoms with van der Waals surface area (Å²) in [5.74, 6) is 0. The van der Waals surface area contributed by atoms with Gasteiger partial charge in [-0.2, -0.15) is 5.10 Å². The Kier molecular flexibility index (Phi) is 2.31. The highest BCUT2D eigenvalue weighted by atomic mass is 15.1. The van der Waals surface area contributed by atoms with E-state index in [0.717, 1.165) is 29.2 Å². The van der Waals surface area contributed by atoms with Crippen LogP contribution in [0, 0.1) is 6.92 Å². The van der Waals surface area contributed by atoms with Crippen LogP contribution in [0.2, 0.25) is 0 Å². The van der Waals surface area contributed by atoms with Crippen molar-refractivity contribution >= 4 is 0 Å². The lowest BCUT2D eigenvalue weighted by atomic mass is 10.2. The van der Waals surface area contributed by atoms with Crippen molar-refractivity contribution in [1.29, 1.82) is 0 Å². The lowest BCUT2D eigenvalue weighted by Gasteiger charge is -1.95. The minimum absolute atomic E-state index is 0.922. The third kappa shape index (κ3) is 1.66. The Morgan fingerprint density at radius 1 is 1.29 bits per heavy atom. The largest absolute Gasteiger partial charge is 0.282 e. The molecule has 0 aliphatic heterocycles. The van der Waals surface area contributed by atoms with Crippen LogP contribution in [-0.2, 0) is 6.42 Å². The zero-order valence-corrected chi connectivity index (χ0v) is 8.41. The maximum absolute atomic E-state index is 4.41. The van der Waals surface area contributed by atoms with E-state index in [4.69, 9.17) is 0 Å². The minimum Gasteiger partial charge on any atom is -0.282 e. The number of hydrogen-bond acceptors (Lipinski definition) is 2. The van der Waals surface area contributed by atoms with E-state index < -0.39 is 0 Å². The third-order valence-corrected chi connectivity index (χ3v) is 2.16. The highest BCUT2D eigenvalue weighted by molar-refractivity contribution is 5.54. The number of aromatic nitrogens is 3. The van der Waals surface area contributed by atoms with Crippen LogP contribution in [0.1, 0.15) is 18.3 Å². The van der Waals surface area contributed by atoms with Crippen molar-refractivity contribution in [2.45, 2.75) is 20.3 Å². The average molecular weight is 187 g/mol. The van der Waals surface area contributed by atoms with Gasteiger partial charge in [-0.05, 0) is 31.5 Å². The smallest absolute Gasteiger partial charge is 0.111 e. The normalized spacial score (nSPS) is 10.4. The zero-order valence-electron chi connectivity index (χ0n) is 8.41. The van der Waals surface area contributed by atoms with Gasteiger partial charge in [0.15, 0.2) is 0 Å². The first-order chi connectivity index (χ1) is 6.79. The van der Waals surface area contributed by atoms with Gasteiger partial charge in [0.05, 0.1) is 5.69 Å². The van der Waals surface area contributed by atoms with Crippen molar-refractivity contribution in [2.24, 2.45) is 0 Å². The molecule has 0 aliphatic rings. The van der Waals surface area contributed by atoms with Crippen molar-refractivity contribution in [3.05, 3.63) is 35.7 Å². The molecule has 0 radical (unpaired) electrons. The molecule has 14 heavy (non-hydrogen) atoms. The first-order valence-corrected chi connectivity index (χ1v) is 4.78. The fourth-order valence-electron chi connectivity index (χ4n) is 1.36. The van der Waals surface area contributed by atoms with E-state index in [0.29, 0.717) is 0 Å². The Hall–Kier alpha value is -1.64. The molecular formula is C11H13N3. The Labute approximate surface area is 83.2 Å². The van der Waals surface area contributed by atoms with Gasteiger partial charge < -0.3 is 0 Å². The van der Waals surface area contributed by atoms with Crippen molar-refractivity contribution in [3.8, 4) is 11.4 Å². The summed E-state index contributed by atoms with van der Waals surface area (Å²) in [6.07, 6.45) is 0.971. The monoisotopic (exact) mass is 187 g/mol. The Bertz CT molecular complexity index is 432. The molecule has 0 bridgehead atoms. The second-order valence-corrected chi connectivity index (χ2v) is 3.30. The molecule has 0 unspecified atom stereocenters. The van der Waals surface area contributed by atoms with Gasteiger partial charge in [-0.1, -0.05) is 13.0 Å². The number of aromatic amines is 1. The summed E-state index contributed by atoms with van der Waals surface area (Å²) in [4.78, 5) is 4.41. The molecule has 72 valence electrons. The maximum Gasteiger partial charge on any atom is 0.111 e. The van der Waals surface area contributed by atoms with Crippen molar-refractivity contribution < 1.29 is 0 Å². The molecule has 0 atom stereocenters. The van der Waals surface area contributed by atoms with E-state index >= 15 is 0 Å². The van der Waals surface area contributed by atoms with Crippen molar-refractivity contribution in [2.75, 3.05) is 0 Å². The van der Waals surface area contributed by atoms with E-state index in [1.165, 1.54) is 0 Å². The van der Waals surface area contributed by atoms with Gasteiger partial charge in [0, 0.05) is 11.4 Å². The summed E-state index contributed by atoms with van der Waals surface area (Å²) in [6, 6.07) is 8.00. The molecule has 0 spiro atoms. The Balaban J connectivity index is 2.39. The summed E-state index contributed by atoms with van der Waals surface area (Å²) in [7, 11) is 0. The van der Waals surface area contributed by atoms with Crippen LogP contribution in [-0.4, -0.2) is 15.2 Å². The number of pyridine rings is 1. The summed E-state index contributed by atoms with van der Waals surface area (Å²) >= 11 is 0. The zero-order chi connectivity index (χ0) is 9.97. The molecule has 0 aromatic carbocycles. The van der Waals surface area contributed by atoms with E-state index in [2.05, 4.69) is 22.1 Å². The second-order valence-electron chi connectivity index (χ2n) is 3.30. The van der Waals surface area contributed by atoms with E-state index in [9.17, 15) is 0 Å². The SMILES string of the molecule is CCc1cc(-c2cccc(C)n2)n[nH]1. The predicted octanol–water partition coefficient (Wildman–Crippen LogP) is 2.34. The first-order valence-electron chi connectivity index (χ1n) is 4.78. The summed E-state index contributed by atoms with van der Waals surface area (Å²) < 4.78 is 0. The van der Waals surface area contributed by atoms with E-state index in [1.54, 1.807) is 0 Å². The number of hydrogen-bond donors (Lipinski definition) is 1. The highest BCUT2D eigenvalue weighted by Crippen LogP contribution is 2.15. The standard InChI is InChI=1S/C11H13N3/c1-3-9-7-11(14-13-9)10-6-4-5-8(2)12-10/h4-7H,3H2,1-2H3,(H,13,14). The summed E-state index contributed by atoms with van der Waals surface area (Å²) in [5.41, 5.74) is 4.01. The first kappa shape index (κ1) is 8.94. The van der Waals surface area contributed by atoms with Crippen LogP contribution in [0.5, 0.6) is 0 Å². The van der Waals surface area contributed by atoms with Gasteiger partial charge >= 0.3 is 0 Å². The van der Waals surface area contributed by atoms with Crippen LogP contribution >= 0.6 is 0 Å². The molecule has 3 heteroatoms. The molecule has 2 heterocycles. The van der Waals surface area contributed by atoms with Crippen LogP contribution in [0.25, 0.3) is 11.4 Å². The Morgan fingerprint density at radius 2 is 2.14 bits per heavy atom. The third-order valence-electron chi connectivity index (χ3n) is 2.16. The maximum atomic E-state index is 4.41. The number of aryl methyl sites for hydroxylation is 2. The van der Waals surface area contributed by atoms with Gasteiger partial charge in [0.2, 0.25) is 0 Å². The molecule has 0 aliphatic carbocycles. The van der Waals surface area contributed by atoms with E-state index in [-0.39, 0.29) is 0 Å². The van der Waals surface area contributed by atoms with Gasteiger partial charge in [-0.15, -0.1) is 0 Å². The topological polar surface area (TPSA) is 41.6 Å². The molecule has 0 saturated carbocycles. The minimum atomic E-state index is 0.922. The predicted molar refractivity (Wildman–Crippen MR) is 55.9 cm³/mol. The molecule has 2 aromatic rings. The second kappa shape index (κ2) is 3.62. The molecule has 2 rings (SSSR count). The number of nitrogens with zero attached hydrogens (tertiary/aromatic N) is 2. The van der Waals surface area contributed by atoms with Crippen molar-refractivity contribution in [1.82, 2.24) is 15.2 Å². The fraction of sp³-hybridized carbons (Fsp3) is 0.273. The van der Waals surface area contributed by atoms with Crippen LogP contribution in [0.3, 0.4) is 0 Å². The van der Waals surface area contributed by atoms with Crippen LogP contribution < -0.4 is 0 Å². The molecule has 2 aromatic heterocycles. The number of nitrogens with one attached hydrogen (secondary N) is 1. The highest BCUT2D eigenvalue weighted by Gasteiger charge is 2.03. The lowest BCUT2D eigenvalue weighted by molar-refractivity contribution is 0.974. The molecular weight excluding hydrogens is 174 g/mol. The van der Waals surface area contributed by atoms with E-state index in [1.807, 2.05) is 31.2 Å². The van der Waals surface area contributed by atoms with Gasteiger partial charge in [-0.25, -0.2) is 0 Å². The van der Waals surface area contributed by atoms with Crippen LogP contribution in [0.15, 0.2) is 24.3 Å². The Morgan fingerprint density at radius 3 is 2.79 bits per heavy atom. The molecule has 3 nitrogen and oxygen atoms in total. The van der Waals surface area contributed by atoms with Gasteiger partial charge in [0.25, 0.3) is 0 Å². The molecule has 0 amide bonds. The average Bonchev–Trinajstić information content (AvgIpc) is 2.66. The van der Waals surface area contributed by atoms with Crippen LogP contribution in [0.4, 0.5) is 0 Å². The molecule has 1 N–H and O–H groups in total. The van der Waals surface area contributed by atoms with Crippen molar-refractivity contribution in [3.63, 3.8) is 0 Å². The summed E-state index contributed by atoms with van der Waals surface area (Å²) in [5, 5.41) is 7.19. The number of rotatable bonds is 2. The molecule has 0 fully saturated rings. The van der Waals surface area contributed by atoms with Gasteiger partial charge in [-0.3, -0.25) is 10.1 Å². The lowest BCUT2D eigenvalue weighted by Crippen LogP contribution is -1.85. The quantitative estimate of drug-likeness (QED) is 0.784. The molecule has 0 saturated heterocycles.